The van der Waals surface area contributed by atoms with E-state index in [2.05, 4.69) is 5.32 Å². The summed E-state index contributed by atoms with van der Waals surface area (Å²) in [6, 6.07) is 0. The van der Waals surface area contributed by atoms with E-state index in [0.29, 0.717) is 6.54 Å². The Kier molecular flexibility index (Phi) is 5.24. The number of carbonyl (C=O) groups excluding carboxylic acids is 1. The maximum atomic E-state index is 11.9. The molecule has 0 bridgehead atoms. The highest BCUT2D eigenvalue weighted by atomic mass is 16.5. The van der Waals surface area contributed by atoms with E-state index in [1.807, 2.05) is 13.8 Å². The normalized spacial score (nSPS) is 12.7. The molecular formula is C11H24N2O2. The van der Waals surface area contributed by atoms with Gasteiger partial charge in [-0.1, -0.05) is 13.8 Å². The molecule has 0 aromatic carbocycles. The Morgan fingerprint density at radius 2 is 1.80 bits per heavy atom. The summed E-state index contributed by atoms with van der Waals surface area (Å²) in [6.45, 7) is 7.99. The second-order valence-corrected chi connectivity index (χ2v) is 4.36. The van der Waals surface area contributed by atoms with Crippen molar-refractivity contribution >= 4 is 5.91 Å². The van der Waals surface area contributed by atoms with Crippen LogP contribution >= 0.6 is 0 Å². The fraction of sp³-hybridized carbons (Fsp3) is 0.909. The molecule has 0 aliphatic carbocycles. The first-order valence-corrected chi connectivity index (χ1v) is 5.45. The van der Waals surface area contributed by atoms with Gasteiger partial charge < -0.3 is 15.8 Å². The number of rotatable bonds is 6. The summed E-state index contributed by atoms with van der Waals surface area (Å²) in [6.07, 6.45) is 1.65. The number of hydrogen-bond donors (Lipinski definition) is 2. The van der Waals surface area contributed by atoms with E-state index < -0.39 is 5.60 Å². The summed E-state index contributed by atoms with van der Waals surface area (Å²) in [5.41, 5.74) is 4.61. The fourth-order valence-corrected chi connectivity index (χ4v) is 1.25. The van der Waals surface area contributed by atoms with E-state index in [0.717, 1.165) is 12.8 Å². The Hall–Kier alpha value is -0.610. The van der Waals surface area contributed by atoms with Crippen molar-refractivity contribution in [2.24, 2.45) is 5.73 Å². The van der Waals surface area contributed by atoms with Crippen LogP contribution in [0.1, 0.15) is 40.5 Å². The van der Waals surface area contributed by atoms with Crippen LogP contribution in [0.5, 0.6) is 0 Å². The number of nitrogens with two attached hydrogens (primary N) is 1. The standard InChI is InChI=1S/C11H24N2O2/c1-6-11(7-2,8-12)13-9(14)10(3,4)15-5/h6-8,12H2,1-5H3,(H,13,14). The molecule has 0 aromatic heterocycles. The van der Waals surface area contributed by atoms with Gasteiger partial charge in [-0.15, -0.1) is 0 Å². The minimum Gasteiger partial charge on any atom is -0.369 e. The zero-order valence-corrected chi connectivity index (χ0v) is 10.5. The highest BCUT2D eigenvalue weighted by Gasteiger charge is 2.34. The molecule has 0 saturated carbocycles. The Morgan fingerprint density at radius 3 is 2.07 bits per heavy atom. The molecular weight excluding hydrogens is 192 g/mol. The average molecular weight is 216 g/mol. The molecule has 0 fully saturated rings. The van der Waals surface area contributed by atoms with Gasteiger partial charge in [-0.05, 0) is 26.7 Å². The maximum Gasteiger partial charge on any atom is 0.252 e. The van der Waals surface area contributed by atoms with Crippen molar-refractivity contribution in [2.45, 2.75) is 51.7 Å². The van der Waals surface area contributed by atoms with Crippen molar-refractivity contribution in [2.75, 3.05) is 13.7 Å². The Labute approximate surface area is 92.6 Å². The summed E-state index contributed by atoms with van der Waals surface area (Å²) >= 11 is 0. The molecule has 0 saturated heterocycles. The van der Waals surface area contributed by atoms with E-state index in [1.54, 1.807) is 13.8 Å². The first-order valence-electron chi connectivity index (χ1n) is 5.45. The van der Waals surface area contributed by atoms with Gasteiger partial charge in [0.1, 0.15) is 5.60 Å². The predicted molar refractivity (Wildman–Crippen MR) is 61.6 cm³/mol. The Bertz CT molecular complexity index is 202. The number of methoxy groups -OCH3 is 1. The highest BCUT2D eigenvalue weighted by Crippen LogP contribution is 2.16. The molecule has 3 N–H and O–H groups in total. The van der Waals surface area contributed by atoms with Crippen molar-refractivity contribution in [1.29, 1.82) is 0 Å². The zero-order valence-electron chi connectivity index (χ0n) is 10.5. The van der Waals surface area contributed by atoms with Gasteiger partial charge >= 0.3 is 0 Å². The number of nitrogens with one attached hydrogen (secondary N) is 1. The molecule has 1 amide bonds. The summed E-state index contributed by atoms with van der Waals surface area (Å²) in [5.74, 6) is -0.112. The summed E-state index contributed by atoms with van der Waals surface area (Å²) < 4.78 is 5.13. The lowest BCUT2D eigenvalue weighted by atomic mass is 9.91. The predicted octanol–water partition coefficient (Wildman–Crippen LogP) is 1.05. The smallest absolute Gasteiger partial charge is 0.252 e. The van der Waals surface area contributed by atoms with Gasteiger partial charge in [0.05, 0.1) is 5.54 Å². The zero-order chi connectivity index (χ0) is 12.1. The van der Waals surface area contributed by atoms with Gasteiger partial charge in [0, 0.05) is 13.7 Å². The molecule has 0 aromatic rings. The van der Waals surface area contributed by atoms with Crippen LogP contribution in [0.3, 0.4) is 0 Å². The summed E-state index contributed by atoms with van der Waals surface area (Å²) in [4.78, 5) is 11.9. The van der Waals surface area contributed by atoms with Crippen LogP contribution < -0.4 is 11.1 Å². The van der Waals surface area contributed by atoms with Gasteiger partial charge in [0.25, 0.3) is 5.91 Å². The lowest BCUT2D eigenvalue weighted by molar-refractivity contribution is -0.141. The summed E-state index contributed by atoms with van der Waals surface area (Å²) in [5, 5.41) is 2.98. The molecule has 0 unspecified atom stereocenters. The minimum atomic E-state index is -0.801. The fourth-order valence-electron chi connectivity index (χ4n) is 1.25. The van der Waals surface area contributed by atoms with Crippen molar-refractivity contribution in [3.05, 3.63) is 0 Å². The Morgan fingerprint density at radius 1 is 1.33 bits per heavy atom. The van der Waals surface area contributed by atoms with Gasteiger partial charge in [-0.3, -0.25) is 4.79 Å². The number of ether oxygens (including phenoxy) is 1. The number of amides is 1. The second-order valence-electron chi connectivity index (χ2n) is 4.36. The van der Waals surface area contributed by atoms with Crippen LogP contribution in [0.15, 0.2) is 0 Å². The molecule has 0 rings (SSSR count). The third-order valence-corrected chi connectivity index (χ3v) is 3.18. The highest BCUT2D eigenvalue weighted by molar-refractivity contribution is 5.85. The van der Waals surface area contributed by atoms with Crippen molar-refractivity contribution in [3.8, 4) is 0 Å². The number of hydrogen-bond acceptors (Lipinski definition) is 3. The molecule has 15 heavy (non-hydrogen) atoms. The Balaban J connectivity index is 4.62. The second kappa shape index (κ2) is 5.47. The molecule has 4 nitrogen and oxygen atoms in total. The van der Waals surface area contributed by atoms with Crippen LogP contribution in [-0.4, -0.2) is 30.7 Å². The maximum absolute atomic E-state index is 11.9. The SMILES string of the molecule is CCC(CC)(CN)NC(=O)C(C)(C)OC. The van der Waals surface area contributed by atoms with Gasteiger partial charge in [-0.25, -0.2) is 0 Å². The molecule has 0 aliphatic heterocycles. The van der Waals surface area contributed by atoms with Crippen molar-refractivity contribution in [3.63, 3.8) is 0 Å². The van der Waals surface area contributed by atoms with E-state index >= 15 is 0 Å². The van der Waals surface area contributed by atoms with Crippen LogP contribution in [-0.2, 0) is 9.53 Å². The van der Waals surface area contributed by atoms with E-state index in [9.17, 15) is 4.79 Å². The van der Waals surface area contributed by atoms with Crippen LogP contribution in [0.25, 0.3) is 0 Å². The molecule has 4 heteroatoms. The lowest BCUT2D eigenvalue weighted by Gasteiger charge is -2.35. The number of carbonyl (C=O) groups is 1. The first-order chi connectivity index (χ1) is 6.87. The molecule has 0 atom stereocenters. The quantitative estimate of drug-likeness (QED) is 0.697. The van der Waals surface area contributed by atoms with Gasteiger partial charge in [-0.2, -0.15) is 0 Å². The van der Waals surface area contributed by atoms with Crippen LogP contribution in [0, 0.1) is 0 Å². The molecule has 0 heterocycles. The van der Waals surface area contributed by atoms with Crippen molar-refractivity contribution in [1.82, 2.24) is 5.32 Å². The molecule has 0 spiro atoms. The molecule has 0 aliphatic rings. The molecule has 0 radical (unpaired) electrons. The topological polar surface area (TPSA) is 64.3 Å². The third-order valence-electron chi connectivity index (χ3n) is 3.18. The average Bonchev–Trinajstić information content (AvgIpc) is 2.25. The van der Waals surface area contributed by atoms with Gasteiger partial charge in [0.15, 0.2) is 0 Å². The van der Waals surface area contributed by atoms with Crippen LogP contribution in [0.2, 0.25) is 0 Å². The van der Waals surface area contributed by atoms with Crippen LogP contribution in [0.4, 0.5) is 0 Å². The van der Waals surface area contributed by atoms with Crippen molar-refractivity contribution < 1.29 is 9.53 Å². The van der Waals surface area contributed by atoms with E-state index in [-0.39, 0.29) is 11.4 Å². The molecule has 90 valence electrons. The van der Waals surface area contributed by atoms with E-state index in [1.165, 1.54) is 7.11 Å². The first kappa shape index (κ1) is 14.4. The minimum absolute atomic E-state index is 0.112. The largest absolute Gasteiger partial charge is 0.369 e. The van der Waals surface area contributed by atoms with E-state index in [4.69, 9.17) is 10.5 Å². The van der Waals surface area contributed by atoms with Gasteiger partial charge in [0.2, 0.25) is 0 Å². The summed E-state index contributed by atoms with van der Waals surface area (Å²) in [7, 11) is 1.53. The lowest BCUT2D eigenvalue weighted by Crippen LogP contribution is -2.58. The monoisotopic (exact) mass is 216 g/mol. The third kappa shape index (κ3) is 3.47.